The summed E-state index contributed by atoms with van der Waals surface area (Å²) in [5.41, 5.74) is -1.35. The lowest BCUT2D eigenvalue weighted by Gasteiger charge is -2.28. The second kappa shape index (κ2) is 15.3. The van der Waals surface area contributed by atoms with Crippen molar-refractivity contribution in [2.75, 3.05) is 24.3 Å². The first-order chi connectivity index (χ1) is 23.5. The lowest BCUT2D eigenvalue weighted by molar-refractivity contribution is -0.141. The van der Waals surface area contributed by atoms with Gasteiger partial charge in [-0.25, -0.2) is 4.39 Å². The average molecular weight is 664 g/mol. The Balaban J connectivity index is 1.35. The van der Waals surface area contributed by atoms with Crippen molar-refractivity contribution in [3.8, 4) is 0 Å². The third-order valence-corrected chi connectivity index (χ3v) is 8.53. The molecule has 9 nitrogen and oxygen atoms in total. The summed E-state index contributed by atoms with van der Waals surface area (Å²) in [5, 5.41) is 11.4. The zero-order valence-electron chi connectivity index (χ0n) is 28.2. The fraction of sp³-hybridized carbons (Fsp3) is 0.308. The molecule has 1 aliphatic carbocycles. The molecule has 254 valence electrons. The van der Waals surface area contributed by atoms with E-state index in [-0.39, 0.29) is 48.2 Å². The Morgan fingerprint density at radius 1 is 0.959 bits per heavy atom. The van der Waals surface area contributed by atoms with Gasteiger partial charge in [0, 0.05) is 54.5 Å². The minimum Gasteiger partial charge on any atom is -0.469 e. The first-order valence-electron chi connectivity index (χ1n) is 16.3. The number of methoxy groups -OCH3 is 1. The number of aromatic nitrogens is 2. The maximum atomic E-state index is 17.3. The number of anilines is 2. The molecule has 0 radical (unpaired) electrons. The number of nitrogens with zero attached hydrogens (tertiary/aromatic N) is 2. The van der Waals surface area contributed by atoms with E-state index in [4.69, 9.17) is 4.74 Å². The Morgan fingerprint density at radius 2 is 1.69 bits per heavy atom. The highest BCUT2D eigenvalue weighted by molar-refractivity contribution is 6.04. The molecule has 0 saturated heterocycles. The molecule has 49 heavy (non-hydrogen) atoms. The molecule has 0 saturated carbocycles. The number of hydrogen-bond acceptors (Lipinski definition) is 7. The number of carbonyl (C=O) groups is 3. The SMILES string of the molecule is COC(=O)CC(C)CC(C)(C)CC(=O)Nc1ccc(C(F)(CNC2C=CC=c3cccnc3=C2)C(=O)Nc2cccc3cccnc23)cc1. The van der Waals surface area contributed by atoms with Gasteiger partial charge in [0.15, 0.2) is 0 Å². The van der Waals surface area contributed by atoms with Crippen molar-refractivity contribution in [3.63, 3.8) is 0 Å². The van der Waals surface area contributed by atoms with Crippen molar-refractivity contribution < 1.29 is 23.5 Å². The van der Waals surface area contributed by atoms with Crippen molar-refractivity contribution in [3.05, 3.63) is 107 Å². The lowest BCUT2D eigenvalue weighted by Crippen LogP contribution is -2.47. The van der Waals surface area contributed by atoms with Crippen molar-refractivity contribution in [1.29, 1.82) is 0 Å². The Labute approximate surface area is 285 Å². The normalized spacial score (nSPS) is 15.8. The first-order valence-corrected chi connectivity index (χ1v) is 16.3. The summed E-state index contributed by atoms with van der Waals surface area (Å²) in [6.45, 7) is 5.56. The Kier molecular flexibility index (Phi) is 11.0. The zero-order valence-corrected chi connectivity index (χ0v) is 28.2. The zero-order chi connectivity index (χ0) is 35.0. The van der Waals surface area contributed by atoms with E-state index in [1.165, 1.54) is 19.2 Å². The predicted octanol–water partition coefficient (Wildman–Crippen LogP) is 5.17. The van der Waals surface area contributed by atoms with E-state index < -0.39 is 17.6 Å². The number of esters is 1. The van der Waals surface area contributed by atoms with Gasteiger partial charge in [-0.05, 0) is 59.4 Å². The first kappa shape index (κ1) is 35.1. The van der Waals surface area contributed by atoms with Crippen molar-refractivity contribution in [1.82, 2.24) is 15.3 Å². The maximum Gasteiger partial charge on any atom is 0.305 e. The van der Waals surface area contributed by atoms with Gasteiger partial charge < -0.3 is 20.7 Å². The van der Waals surface area contributed by atoms with Crippen molar-refractivity contribution in [2.45, 2.75) is 51.7 Å². The topological polar surface area (TPSA) is 122 Å². The fourth-order valence-electron chi connectivity index (χ4n) is 6.25. The van der Waals surface area contributed by atoms with Crippen LogP contribution in [0.5, 0.6) is 0 Å². The van der Waals surface area contributed by atoms with Gasteiger partial charge in [-0.15, -0.1) is 0 Å². The number of nitrogens with one attached hydrogen (secondary N) is 3. The minimum absolute atomic E-state index is 0.0480. The fourth-order valence-corrected chi connectivity index (χ4v) is 6.25. The summed E-state index contributed by atoms with van der Waals surface area (Å²) >= 11 is 0. The van der Waals surface area contributed by atoms with E-state index in [0.29, 0.717) is 23.3 Å². The molecule has 5 rings (SSSR count). The van der Waals surface area contributed by atoms with Gasteiger partial charge in [0.2, 0.25) is 11.6 Å². The Bertz CT molecular complexity index is 1970. The molecule has 3 unspecified atom stereocenters. The molecule has 0 spiro atoms. The van der Waals surface area contributed by atoms with Gasteiger partial charge >= 0.3 is 5.97 Å². The number of benzene rings is 2. The van der Waals surface area contributed by atoms with E-state index in [2.05, 4.69) is 25.9 Å². The van der Waals surface area contributed by atoms with Crippen LogP contribution in [0, 0.1) is 11.3 Å². The van der Waals surface area contributed by atoms with Crippen LogP contribution in [0.2, 0.25) is 0 Å². The number of rotatable bonds is 13. The smallest absolute Gasteiger partial charge is 0.305 e. The molecule has 2 heterocycles. The molecule has 2 aromatic carbocycles. The van der Waals surface area contributed by atoms with Crippen molar-refractivity contribution >= 4 is 52.2 Å². The molecule has 0 bridgehead atoms. The number of hydrogen-bond donors (Lipinski definition) is 3. The summed E-state index contributed by atoms with van der Waals surface area (Å²) in [7, 11) is 1.36. The lowest BCUT2D eigenvalue weighted by atomic mass is 9.79. The van der Waals surface area contributed by atoms with Gasteiger partial charge in [0.1, 0.15) is 0 Å². The van der Waals surface area contributed by atoms with Gasteiger partial charge in [-0.3, -0.25) is 24.4 Å². The standard InChI is InChI=1S/C39H42FN5O4/c1-26(21-35(47)49-4)23-38(2,3)24-34(46)44-30-17-15-29(16-18-30)39(40,25-43-31-13-5-9-27-11-7-19-41-33(27)22-31)37(48)45-32-14-6-10-28-12-8-20-42-36(28)32/h5-20,22,26,31,43H,21,23-25H2,1-4H3,(H,44,46)(H,45,48). The van der Waals surface area contributed by atoms with Crippen LogP contribution < -0.4 is 26.5 Å². The van der Waals surface area contributed by atoms with Crippen LogP contribution in [0.4, 0.5) is 15.8 Å². The van der Waals surface area contributed by atoms with Crippen molar-refractivity contribution in [2.24, 2.45) is 11.3 Å². The van der Waals surface area contributed by atoms with Gasteiger partial charge in [0.05, 0.1) is 23.7 Å². The number of pyridine rings is 2. The number of ether oxygens (including phenoxy) is 1. The summed E-state index contributed by atoms with van der Waals surface area (Å²) in [4.78, 5) is 47.4. The van der Waals surface area contributed by atoms with Crippen LogP contribution >= 0.6 is 0 Å². The Morgan fingerprint density at radius 3 is 2.47 bits per heavy atom. The van der Waals surface area contributed by atoms with Crippen LogP contribution in [0.25, 0.3) is 23.1 Å². The summed E-state index contributed by atoms with van der Waals surface area (Å²) in [6.07, 6.45) is 12.1. The molecule has 3 atom stereocenters. The average Bonchev–Trinajstić information content (AvgIpc) is 3.29. The molecule has 1 aliphatic rings. The molecule has 2 aromatic heterocycles. The highest BCUT2D eigenvalue weighted by Gasteiger charge is 2.41. The van der Waals surface area contributed by atoms with Crippen LogP contribution in [0.3, 0.4) is 0 Å². The maximum absolute atomic E-state index is 17.3. The minimum atomic E-state index is -2.51. The largest absolute Gasteiger partial charge is 0.469 e. The van der Waals surface area contributed by atoms with E-state index in [1.807, 2.05) is 69.3 Å². The van der Waals surface area contributed by atoms with Crippen LogP contribution in [-0.2, 0) is 24.8 Å². The summed E-state index contributed by atoms with van der Waals surface area (Å²) in [6, 6.07) is 18.6. The van der Waals surface area contributed by atoms with E-state index in [9.17, 15) is 14.4 Å². The summed E-state index contributed by atoms with van der Waals surface area (Å²) in [5.74, 6) is -1.30. The Hall–Kier alpha value is -5.22. The predicted molar refractivity (Wildman–Crippen MR) is 190 cm³/mol. The third-order valence-electron chi connectivity index (χ3n) is 8.53. The number of carbonyl (C=O) groups excluding carboxylic acids is 3. The monoisotopic (exact) mass is 663 g/mol. The molecular weight excluding hydrogens is 621 g/mol. The van der Waals surface area contributed by atoms with E-state index in [0.717, 1.165) is 16.0 Å². The highest BCUT2D eigenvalue weighted by Crippen LogP contribution is 2.33. The number of alkyl halides is 1. The number of halogens is 1. The molecule has 10 heteroatoms. The molecule has 2 amide bonds. The van der Waals surface area contributed by atoms with Gasteiger partial charge in [0.25, 0.3) is 5.91 Å². The van der Waals surface area contributed by atoms with Gasteiger partial charge in [-0.2, -0.15) is 0 Å². The number of fused-ring (bicyclic) bond motifs is 2. The second-order valence-corrected chi connectivity index (χ2v) is 13.3. The third kappa shape index (κ3) is 9.03. The quantitative estimate of drug-likeness (QED) is 0.169. The van der Waals surface area contributed by atoms with Crippen LogP contribution in [0.1, 0.15) is 45.6 Å². The highest BCUT2D eigenvalue weighted by atomic mass is 19.1. The second-order valence-electron chi connectivity index (χ2n) is 13.3. The molecular formula is C39H42FN5O4. The van der Waals surface area contributed by atoms with E-state index in [1.54, 1.807) is 42.7 Å². The molecule has 4 aromatic rings. The number of allylic oxidation sites excluding steroid dienone is 1. The number of amides is 2. The van der Waals surface area contributed by atoms with E-state index >= 15 is 4.39 Å². The number of para-hydroxylation sites is 1. The summed E-state index contributed by atoms with van der Waals surface area (Å²) < 4.78 is 22.1. The molecule has 0 fully saturated rings. The van der Waals surface area contributed by atoms with Crippen LogP contribution in [-0.4, -0.2) is 47.4 Å². The molecule has 3 N–H and O–H groups in total. The van der Waals surface area contributed by atoms with Crippen LogP contribution in [0.15, 0.2) is 91.3 Å². The van der Waals surface area contributed by atoms with Gasteiger partial charge in [-0.1, -0.05) is 75.4 Å². The molecule has 0 aliphatic heterocycles.